The molecule has 1 aromatic heterocycles. The quantitative estimate of drug-likeness (QED) is 0.628. The van der Waals surface area contributed by atoms with Crippen LogP contribution in [0.2, 0.25) is 0 Å². The Morgan fingerprint density at radius 1 is 1.39 bits per heavy atom. The first-order valence-electron chi connectivity index (χ1n) is 6.82. The zero-order valence-corrected chi connectivity index (χ0v) is 13.5. The van der Waals surface area contributed by atoms with Crippen LogP contribution in [-0.2, 0) is 11.3 Å². The van der Waals surface area contributed by atoms with Gasteiger partial charge in [-0.1, -0.05) is 17.2 Å². The molecule has 2 rings (SSSR count). The van der Waals surface area contributed by atoms with Gasteiger partial charge in [0.15, 0.2) is 5.11 Å². The van der Waals surface area contributed by atoms with E-state index in [1.165, 1.54) is 10.9 Å². The zero-order chi connectivity index (χ0) is 16.7. The fourth-order valence-electron chi connectivity index (χ4n) is 1.60. The second-order valence-corrected chi connectivity index (χ2v) is 4.76. The van der Waals surface area contributed by atoms with Crippen molar-refractivity contribution in [1.82, 2.24) is 25.5 Å². The Morgan fingerprint density at radius 2 is 2.13 bits per heavy atom. The van der Waals surface area contributed by atoms with E-state index in [0.717, 1.165) is 11.3 Å². The summed E-state index contributed by atoms with van der Waals surface area (Å²) in [4.78, 5) is 13.2. The zero-order valence-electron chi connectivity index (χ0n) is 12.7. The lowest BCUT2D eigenvalue weighted by Crippen LogP contribution is -2.33. The maximum absolute atomic E-state index is 11.8. The molecule has 0 unspecified atom stereocenters. The SMILES string of the molecule is CCn1nnc(NC(=S)NC(=O)/C=C/c2ccc(OC)cc2)n1. The van der Waals surface area contributed by atoms with Gasteiger partial charge in [0.25, 0.3) is 5.95 Å². The van der Waals surface area contributed by atoms with Gasteiger partial charge in [0.2, 0.25) is 5.91 Å². The fraction of sp³-hybridized carbons (Fsp3) is 0.214. The number of ether oxygens (including phenoxy) is 1. The third-order valence-electron chi connectivity index (χ3n) is 2.74. The summed E-state index contributed by atoms with van der Waals surface area (Å²) >= 11 is 5.01. The van der Waals surface area contributed by atoms with E-state index in [-0.39, 0.29) is 17.0 Å². The number of carbonyl (C=O) groups excluding carboxylic acids is 1. The van der Waals surface area contributed by atoms with E-state index in [1.807, 2.05) is 31.2 Å². The molecule has 2 N–H and O–H groups in total. The minimum Gasteiger partial charge on any atom is -0.497 e. The second-order valence-electron chi connectivity index (χ2n) is 4.35. The normalized spacial score (nSPS) is 10.5. The molecule has 120 valence electrons. The molecule has 0 saturated heterocycles. The average Bonchev–Trinajstić information content (AvgIpc) is 3.00. The molecule has 1 heterocycles. The highest BCUT2D eigenvalue weighted by molar-refractivity contribution is 7.80. The van der Waals surface area contributed by atoms with Crippen molar-refractivity contribution in [1.29, 1.82) is 0 Å². The molecule has 1 aromatic carbocycles. The number of anilines is 1. The molecule has 0 aliphatic rings. The van der Waals surface area contributed by atoms with E-state index < -0.39 is 0 Å². The third-order valence-corrected chi connectivity index (χ3v) is 2.94. The molecule has 0 atom stereocenters. The summed E-state index contributed by atoms with van der Waals surface area (Å²) in [5.41, 5.74) is 0.868. The van der Waals surface area contributed by atoms with Gasteiger partial charge in [0.1, 0.15) is 5.75 Å². The van der Waals surface area contributed by atoms with Crippen LogP contribution in [0.3, 0.4) is 0 Å². The molecule has 1 amide bonds. The molecule has 0 bridgehead atoms. The van der Waals surface area contributed by atoms with Crippen LogP contribution in [0.4, 0.5) is 5.95 Å². The molecular formula is C14H16N6O2S. The summed E-state index contributed by atoms with van der Waals surface area (Å²) in [6.45, 7) is 2.48. The molecule has 0 radical (unpaired) electrons. The standard InChI is InChI=1S/C14H16N6O2S/c1-3-20-18-13(17-19-20)16-14(23)15-12(21)9-6-10-4-7-11(22-2)8-5-10/h4-9H,3H2,1-2H3,(H2,15,16,18,21,23)/b9-6+. The number of hydrogen-bond donors (Lipinski definition) is 2. The first kappa shape index (κ1) is 16.6. The lowest BCUT2D eigenvalue weighted by Gasteiger charge is -2.03. The average molecular weight is 332 g/mol. The van der Waals surface area contributed by atoms with Crippen LogP contribution in [0.1, 0.15) is 12.5 Å². The molecule has 0 aliphatic heterocycles. The number of thiocarbonyl (C=S) groups is 1. The maximum Gasteiger partial charge on any atom is 0.269 e. The highest BCUT2D eigenvalue weighted by Crippen LogP contribution is 2.12. The lowest BCUT2D eigenvalue weighted by atomic mass is 10.2. The lowest BCUT2D eigenvalue weighted by molar-refractivity contribution is -0.115. The number of benzene rings is 1. The van der Waals surface area contributed by atoms with E-state index in [4.69, 9.17) is 17.0 Å². The minimum absolute atomic E-state index is 0.102. The highest BCUT2D eigenvalue weighted by atomic mass is 32.1. The van der Waals surface area contributed by atoms with Crippen LogP contribution in [0, 0.1) is 0 Å². The van der Waals surface area contributed by atoms with Gasteiger partial charge in [0.05, 0.1) is 13.7 Å². The Balaban J connectivity index is 1.85. The number of hydrogen-bond acceptors (Lipinski definition) is 6. The summed E-state index contributed by atoms with van der Waals surface area (Å²) in [5, 5.41) is 16.8. The molecule has 2 aromatic rings. The number of rotatable bonds is 5. The molecule has 0 aliphatic carbocycles. The largest absolute Gasteiger partial charge is 0.497 e. The summed E-state index contributed by atoms with van der Waals surface area (Å²) in [5.74, 6) is 0.627. The Bertz CT molecular complexity index is 710. The fourth-order valence-corrected chi connectivity index (χ4v) is 1.79. The number of tetrazole rings is 1. The molecule has 23 heavy (non-hydrogen) atoms. The van der Waals surface area contributed by atoms with E-state index in [2.05, 4.69) is 26.0 Å². The first-order valence-corrected chi connectivity index (χ1v) is 7.23. The Kier molecular flexibility index (Phi) is 5.75. The highest BCUT2D eigenvalue weighted by Gasteiger charge is 2.05. The van der Waals surface area contributed by atoms with E-state index in [9.17, 15) is 4.79 Å². The Hall–Kier alpha value is -2.81. The van der Waals surface area contributed by atoms with Gasteiger partial charge in [-0.2, -0.15) is 4.80 Å². The van der Waals surface area contributed by atoms with Gasteiger partial charge >= 0.3 is 0 Å². The molecular weight excluding hydrogens is 316 g/mol. The number of carbonyl (C=O) groups is 1. The predicted molar refractivity (Wildman–Crippen MR) is 89.9 cm³/mol. The molecule has 0 fully saturated rings. The summed E-state index contributed by atoms with van der Waals surface area (Å²) in [6.07, 6.45) is 3.05. The van der Waals surface area contributed by atoms with Crippen molar-refractivity contribution in [2.24, 2.45) is 0 Å². The molecule has 0 spiro atoms. The number of amides is 1. The van der Waals surface area contributed by atoms with E-state index >= 15 is 0 Å². The van der Waals surface area contributed by atoms with Gasteiger partial charge in [-0.3, -0.25) is 15.4 Å². The van der Waals surface area contributed by atoms with Crippen LogP contribution in [-0.4, -0.2) is 38.3 Å². The van der Waals surface area contributed by atoms with Crippen LogP contribution < -0.4 is 15.4 Å². The Morgan fingerprint density at radius 3 is 2.74 bits per heavy atom. The van der Waals surface area contributed by atoms with Gasteiger partial charge in [-0.15, -0.1) is 5.10 Å². The topological polar surface area (TPSA) is 94.0 Å². The summed E-state index contributed by atoms with van der Waals surface area (Å²) < 4.78 is 5.07. The Labute approximate surface area is 138 Å². The van der Waals surface area contributed by atoms with E-state index in [0.29, 0.717) is 6.54 Å². The number of aromatic nitrogens is 4. The monoisotopic (exact) mass is 332 g/mol. The molecule has 9 heteroatoms. The van der Waals surface area contributed by atoms with Crippen molar-refractivity contribution in [3.8, 4) is 5.75 Å². The van der Waals surface area contributed by atoms with Crippen molar-refractivity contribution in [2.45, 2.75) is 13.5 Å². The van der Waals surface area contributed by atoms with Gasteiger partial charge in [0, 0.05) is 6.08 Å². The number of methoxy groups -OCH3 is 1. The van der Waals surface area contributed by atoms with Crippen LogP contribution >= 0.6 is 12.2 Å². The van der Waals surface area contributed by atoms with Crippen LogP contribution in [0.15, 0.2) is 30.3 Å². The van der Waals surface area contributed by atoms with Crippen molar-refractivity contribution in [3.05, 3.63) is 35.9 Å². The van der Waals surface area contributed by atoms with Crippen molar-refractivity contribution < 1.29 is 9.53 Å². The third kappa shape index (κ3) is 5.15. The number of nitrogens with one attached hydrogen (secondary N) is 2. The van der Waals surface area contributed by atoms with Crippen LogP contribution in [0.25, 0.3) is 6.08 Å². The number of nitrogens with zero attached hydrogens (tertiary/aromatic N) is 4. The second kappa shape index (κ2) is 7.99. The van der Waals surface area contributed by atoms with Gasteiger partial charge in [-0.25, -0.2) is 0 Å². The van der Waals surface area contributed by atoms with Crippen LogP contribution in [0.5, 0.6) is 5.75 Å². The van der Waals surface area contributed by atoms with Gasteiger partial charge in [-0.05, 0) is 48.1 Å². The first-order chi connectivity index (χ1) is 11.1. The van der Waals surface area contributed by atoms with Crippen molar-refractivity contribution in [2.75, 3.05) is 12.4 Å². The smallest absolute Gasteiger partial charge is 0.269 e. The van der Waals surface area contributed by atoms with Crippen molar-refractivity contribution in [3.63, 3.8) is 0 Å². The maximum atomic E-state index is 11.8. The van der Waals surface area contributed by atoms with E-state index in [1.54, 1.807) is 13.2 Å². The number of aryl methyl sites for hydroxylation is 1. The summed E-state index contributed by atoms with van der Waals surface area (Å²) in [6, 6.07) is 7.30. The molecule has 8 nitrogen and oxygen atoms in total. The summed E-state index contributed by atoms with van der Waals surface area (Å²) in [7, 11) is 1.60. The van der Waals surface area contributed by atoms with Gasteiger partial charge < -0.3 is 4.74 Å². The van der Waals surface area contributed by atoms with Crippen molar-refractivity contribution >= 4 is 35.3 Å². The molecule has 0 saturated carbocycles. The minimum atomic E-state index is -0.360. The predicted octanol–water partition coefficient (Wildman–Crippen LogP) is 1.23.